The molecule has 1 N–H and O–H groups in total. The lowest BCUT2D eigenvalue weighted by Crippen LogP contribution is -2.31. The zero-order valence-electron chi connectivity index (χ0n) is 16.5. The lowest BCUT2D eigenvalue weighted by atomic mass is 9.87. The van der Waals surface area contributed by atoms with Crippen LogP contribution >= 0.6 is 0 Å². The highest BCUT2D eigenvalue weighted by Crippen LogP contribution is 2.65. The van der Waals surface area contributed by atoms with Crippen molar-refractivity contribution in [3.63, 3.8) is 0 Å². The van der Waals surface area contributed by atoms with Crippen molar-refractivity contribution in [3.05, 3.63) is 29.8 Å². The van der Waals surface area contributed by atoms with Crippen molar-refractivity contribution in [1.29, 1.82) is 0 Å². The van der Waals surface area contributed by atoms with E-state index in [2.05, 4.69) is 35.6 Å². The quantitative estimate of drug-likeness (QED) is 0.620. The summed E-state index contributed by atoms with van der Waals surface area (Å²) in [5.74, 6) is 1.57. The fourth-order valence-corrected chi connectivity index (χ4v) is 5.67. The number of fused-ring (bicyclic) bond motifs is 1. The fourth-order valence-electron chi connectivity index (χ4n) is 5.04. The minimum Gasteiger partial charge on any atom is -0.303 e. The maximum atomic E-state index is 11.9. The molecule has 1 saturated heterocycles. The molecule has 2 atom stereocenters. The number of anilines is 1. The average molecular weight is 379 g/mol. The second-order valence-electron chi connectivity index (χ2n) is 8.01. The van der Waals surface area contributed by atoms with Crippen LogP contribution in [-0.2, 0) is 15.4 Å². The lowest BCUT2D eigenvalue weighted by Gasteiger charge is -2.27. The van der Waals surface area contributed by atoms with Crippen LogP contribution in [0.5, 0.6) is 0 Å². The van der Waals surface area contributed by atoms with Crippen molar-refractivity contribution in [2.75, 3.05) is 30.1 Å². The van der Waals surface area contributed by atoms with E-state index in [1.807, 2.05) is 12.1 Å². The standard InChI is InChI=1S/C21H34N2O2S/c1-4-7-8-9-13-23-15-19-20(16-23)21(19,5-2)17-11-10-12-18(14-17)22-26(24,25)6-3/h10-12,14,19-20,22H,4-9,13,15-16H2,1-3H3. The molecule has 1 saturated carbocycles. The monoisotopic (exact) mass is 378 g/mol. The third-order valence-corrected chi connectivity index (χ3v) is 7.88. The van der Waals surface area contributed by atoms with Gasteiger partial charge in [0.15, 0.2) is 0 Å². The molecule has 2 aliphatic rings. The van der Waals surface area contributed by atoms with Gasteiger partial charge in [-0.3, -0.25) is 4.72 Å². The van der Waals surface area contributed by atoms with Crippen molar-refractivity contribution in [3.8, 4) is 0 Å². The molecule has 1 aliphatic heterocycles. The predicted molar refractivity (Wildman–Crippen MR) is 109 cm³/mol. The maximum Gasteiger partial charge on any atom is 0.232 e. The van der Waals surface area contributed by atoms with Gasteiger partial charge in [-0.05, 0) is 55.8 Å². The van der Waals surface area contributed by atoms with Gasteiger partial charge in [-0.25, -0.2) is 8.42 Å². The molecule has 0 aromatic heterocycles. The summed E-state index contributed by atoms with van der Waals surface area (Å²) < 4.78 is 26.5. The van der Waals surface area contributed by atoms with Gasteiger partial charge < -0.3 is 4.90 Å². The Labute approximate surface area is 159 Å². The third kappa shape index (κ3) is 3.79. The van der Waals surface area contributed by atoms with Crippen LogP contribution in [0.15, 0.2) is 24.3 Å². The SMILES string of the molecule is CCCCCCN1CC2C(C1)C2(CC)c1cccc(NS(=O)(=O)CC)c1. The molecule has 1 heterocycles. The Hall–Kier alpha value is -1.07. The maximum absolute atomic E-state index is 11.9. The first-order chi connectivity index (χ1) is 12.5. The van der Waals surface area contributed by atoms with Crippen molar-refractivity contribution >= 4 is 15.7 Å². The summed E-state index contributed by atoms with van der Waals surface area (Å²) in [5, 5.41) is 0. The van der Waals surface area contributed by atoms with E-state index in [0.717, 1.165) is 18.3 Å². The van der Waals surface area contributed by atoms with E-state index in [1.165, 1.54) is 50.9 Å². The number of likely N-dealkylation sites (tertiary alicyclic amines) is 1. The highest BCUT2D eigenvalue weighted by atomic mass is 32.2. The Morgan fingerprint density at radius 1 is 1.12 bits per heavy atom. The first-order valence-corrected chi connectivity index (χ1v) is 12.0. The van der Waals surface area contributed by atoms with Gasteiger partial charge in [0.25, 0.3) is 0 Å². The normalized spacial score (nSPS) is 28.1. The molecular formula is C21H34N2O2S. The van der Waals surface area contributed by atoms with Crippen molar-refractivity contribution in [2.24, 2.45) is 11.8 Å². The van der Waals surface area contributed by atoms with Crippen molar-refractivity contribution in [1.82, 2.24) is 4.90 Å². The summed E-state index contributed by atoms with van der Waals surface area (Å²) in [4.78, 5) is 2.64. The third-order valence-electron chi connectivity index (χ3n) is 6.58. The van der Waals surface area contributed by atoms with E-state index in [9.17, 15) is 8.42 Å². The highest BCUT2D eigenvalue weighted by molar-refractivity contribution is 7.92. The Morgan fingerprint density at radius 2 is 1.85 bits per heavy atom. The summed E-state index contributed by atoms with van der Waals surface area (Å²) in [6.07, 6.45) is 6.44. The van der Waals surface area contributed by atoms with Crippen molar-refractivity contribution < 1.29 is 8.42 Å². The van der Waals surface area contributed by atoms with E-state index in [4.69, 9.17) is 0 Å². The smallest absolute Gasteiger partial charge is 0.232 e. The number of benzene rings is 1. The van der Waals surface area contributed by atoms with E-state index >= 15 is 0 Å². The molecule has 2 unspecified atom stereocenters. The Kier molecular flexibility index (Phi) is 5.97. The molecule has 146 valence electrons. The van der Waals surface area contributed by atoms with Crippen LogP contribution in [0, 0.1) is 11.8 Å². The van der Waals surface area contributed by atoms with Crippen LogP contribution in [0.4, 0.5) is 5.69 Å². The highest BCUT2D eigenvalue weighted by Gasteiger charge is 2.67. The van der Waals surface area contributed by atoms with Crippen LogP contribution in [0.1, 0.15) is 58.4 Å². The largest absolute Gasteiger partial charge is 0.303 e. The Morgan fingerprint density at radius 3 is 2.46 bits per heavy atom. The van der Waals surface area contributed by atoms with Gasteiger partial charge in [-0.1, -0.05) is 45.2 Å². The van der Waals surface area contributed by atoms with Crippen molar-refractivity contribution in [2.45, 2.75) is 58.3 Å². The molecule has 0 spiro atoms. The van der Waals surface area contributed by atoms with E-state index < -0.39 is 10.0 Å². The second-order valence-corrected chi connectivity index (χ2v) is 10.0. The summed E-state index contributed by atoms with van der Waals surface area (Å²) in [7, 11) is -3.22. The number of hydrogen-bond donors (Lipinski definition) is 1. The van der Waals surface area contributed by atoms with Gasteiger partial charge >= 0.3 is 0 Å². The number of rotatable bonds is 10. The average Bonchev–Trinajstić information content (AvgIpc) is 3.01. The Balaban J connectivity index is 1.65. The molecule has 2 fully saturated rings. The van der Waals surface area contributed by atoms with Gasteiger partial charge in [0.2, 0.25) is 10.0 Å². The van der Waals surface area contributed by atoms with E-state index in [1.54, 1.807) is 6.92 Å². The summed E-state index contributed by atoms with van der Waals surface area (Å²) >= 11 is 0. The van der Waals surface area contributed by atoms with Crippen LogP contribution in [0.2, 0.25) is 0 Å². The van der Waals surface area contributed by atoms with Gasteiger partial charge in [0.05, 0.1) is 5.75 Å². The minimum absolute atomic E-state index is 0.106. The molecule has 0 amide bonds. The van der Waals surface area contributed by atoms with Crippen LogP contribution in [-0.4, -0.2) is 38.7 Å². The number of unbranched alkanes of at least 4 members (excludes halogenated alkanes) is 3. The molecular weight excluding hydrogens is 344 g/mol. The first kappa shape index (κ1) is 19.7. The molecule has 5 heteroatoms. The molecule has 1 aromatic carbocycles. The zero-order valence-corrected chi connectivity index (χ0v) is 17.3. The van der Waals surface area contributed by atoms with Crippen LogP contribution < -0.4 is 4.72 Å². The molecule has 26 heavy (non-hydrogen) atoms. The lowest BCUT2D eigenvalue weighted by molar-refractivity contribution is 0.263. The van der Waals surface area contributed by atoms with Gasteiger partial charge in [0, 0.05) is 24.2 Å². The summed E-state index contributed by atoms with van der Waals surface area (Å²) in [6, 6.07) is 8.12. The van der Waals surface area contributed by atoms with Gasteiger partial charge in [-0.2, -0.15) is 0 Å². The van der Waals surface area contributed by atoms with E-state index in [0.29, 0.717) is 5.69 Å². The second kappa shape index (κ2) is 7.89. The van der Waals surface area contributed by atoms with E-state index in [-0.39, 0.29) is 11.2 Å². The predicted octanol–water partition coefficient (Wildman–Crippen LogP) is 4.24. The molecule has 0 bridgehead atoms. The van der Waals surface area contributed by atoms with Crippen LogP contribution in [0.25, 0.3) is 0 Å². The molecule has 1 aliphatic carbocycles. The number of piperidine rings is 1. The minimum atomic E-state index is -3.22. The molecule has 0 radical (unpaired) electrons. The molecule has 3 rings (SSSR count). The summed E-state index contributed by atoms with van der Waals surface area (Å²) in [5.41, 5.74) is 2.28. The summed E-state index contributed by atoms with van der Waals surface area (Å²) in [6.45, 7) is 9.86. The number of sulfonamides is 1. The van der Waals surface area contributed by atoms with Crippen LogP contribution in [0.3, 0.4) is 0 Å². The molecule has 1 aromatic rings. The number of nitrogens with one attached hydrogen (secondary N) is 1. The molecule has 4 nitrogen and oxygen atoms in total. The fraction of sp³-hybridized carbons (Fsp3) is 0.714. The first-order valence-electron chi connectivity index (χ1n) is 10.3. The topological polar surface area (TPSA) is 49.4 Å². The zero-order chi connectivity index (χ0) is 18.8. The number of nitrogens with zero attached hydrogens (tertiary/aromatic N) is 1. The Bertz CT molecular complexity index is 704. The number of hydrogen-bond acceptors (Lipinski definition) is 3. The van der Waals surface area contributed by atoms with Gasteiger partial charge in [-0.15, -0.1) is 0 Å². The van der Waals surface area contributed by atoms with Gasteiger partial charge in [0.1, 0.15) is 0 Å².